The van der Waals surface area contributed by atoms with E-state index in [0.717, 1.165) is 5.56 Å². The number of halogens is 1. The van der Waals surface area contributed by atoms with Crippen molar-refractivity contribution in [2.45, 2.75) is 19.0 Å². The molecule has 0 N–H and O–H groups in total. The summed E-state index contributed by atoms with van der Waals surface area (Å²) in [5.74, 6) is 0.174. The number of hydrogen-bond acceptors (Lipinski definition) is 4. The highest BCUT2D eigenvalue weighted by molar-refractivity contribution is 7.91. The van der Waals surface area contributed by atoms with E-state index in [-0.39, 0.29) is 23.4 Å². The molecule has 112 valence electrons. The van der Waals surface area contributed by atoms with Gasteiger partial charge < -0.3 is 0 Å². The Labute approximate surface area is 123 Å². The minimum absolute atomic E-state index is 0.0267. The molecule has 1 aromatic heterocycles. The van der Waals surface area contributed by atoms with Gasteiger partial charge in [0.2, 0.25) is 0 Å². The topological polar surface area (TPSA) is 50.3 Å². The number of sulfone groups is 1. The van der Waals surface area contributed by atoms with Gasteiger partial charge in [0.15, 0.2) is 9.84 Å². The molecule has 1 aliphatic rings. The average molecular weight is 308 g/mol. The van der Waals surface area contributed by atoms with Crippen LogP contribution in [-0.2, 0) is 16.4 Å². The van der Waals surface area contributed by atoms with Crippen molar-refractivity contribution >= 4 is 20.7 Å². The minimum atomic E-state index is -2.90. The molecule has 4 nitrogen and oxygen atoms in total. The van der Waals surface area contributed by atoms with Crippen molar-refractivity contribution in [3.63, 3.8) is 0 Å². The first kappa shape index (κ1) is 14.4. The van der Waals surface area contributed by atoms with Gasteiger partial charge in [-0.25, -0.2) is 12.8 Å². The molecule has 6 heteroatoms. The van der Waals surface area contributed by atoms with Crippen molar-refractivity contribution in [1.82, 2.24) is 9.88 Å². The molecule has 0 radical (unpaired) electrons. The second-order valence-corrected chi connectivity index (χ2v) is 7.81. The van der Waals surface area contributed by atoms with E-state index in [0.29, 0.717) is 23.9 Å². The molecule has 0 saturated carbocycles. The maximum absolute atomic E-state index is 13.8. The Morgan fingerprint density at radius 2 is 2.19 bits per heavy atom. The second kappa shape index (κ2) is 5.35. The number of nitrogens with zero attached hydrogens (tertiary/aromatic N) is 2. The molecule has 0 aliphatic carbocycles. The van der Waals surface area contributed by atoms with Crippen molar-refractivity contribution in [2.75, 3.05) is 18.6 Å². The van der Waals surface area contributed by atoms with E-state index in [4.69, 9.17) is 0 Å². The van der Waals surface area contributed by atoms with Gasteiger partial charge >= 0.3 is 0 Å². The number of pyridine rings is 1. The van der Waals surface area contributed by atoms with Crippen LogP contribution in [0.3, 0.4) is 0 Å². The van der Waals surface area contributed by atoms with E-state index in [9.17, 15) is 12.8 Å². The van der Waals surface area contributed by atoms with Crippen LogP contribution < -0.4 is 0 Å². The first-order chi connectivity index (χ1) is 9.96. The van der Waals surface area contributed by atoms with E-state index in [1.807, 2.05) is 11.9 Å². The summed E-state index contributed by atoms with van der Waals surface area (Å²) in [7, 11) is -0.993. The normalized spacial score (nSPS) is 21.2. The molecule has 0 amide bonds. The zero-order chi connectivity index (χ0) is 15.0. The summed E-state index contributed by atoms with van der Waals surface area (Å²) in [6.07, 6.45) is 2.30. The van der Waals surface area contributed by atoms with E-state index < -0.39 is 9.84 Å². The molecule has 2 aromatic rings. The first-order valence-corrected chi connectivity index (χ1v) is 8.71. The lowest BCUT2D eigenvalue weighted by Gasteiger charge is -2.23. The molecule has 0 spiro atoms. The van der Waals surface area contributed by atoms with Crippen molar-refractivity contribution < 1.29 is 12.8 Å². The molecule has 1 fully saturated rings. The molecule has 0 bridgehead atoms. The van der Waals surface area contributed by atoms with Crippen molar-refractivity contribution in [1.29, 1.82) is 0 Å². The lowest BCUT2D eigenvalue weighted by Crippen LogP contribution is -2.32. The summed E-state index contributed by atoms with van der Waals surface area (Å²) in [4.78, 5) is 6.29. The molecule has 1 aliphatic heterocycles. The van der Waals surface area contributed by atoms with Gasteiger partial charge in [0.1, 0.15) is 5.82 Å². The van der Waals surface area contributed by atoms with E-state index >= 15 is 0 Å². The zero-order valence-corrected chi connectivity index (χ0v) is 12.6. The van der Waals surface area contributed by atoms with Gasteiger partial charge in [-0.1, -0.05) is 6.07 Å². The Kier molecular flexibility index (Phi) is 3.67. The summed E-state index contributed by atoms with van der Waals surface area (Å²) >= 11 is 0. The summed E-state index contributed by atoms with van der Waals surface area (Å²) in [6, 6.07) is 6.62. The highest BCUT2D eigenvalue weighted by Gasteiger charge is 2.30. The third-order valence-corrected chi connectivity index (χ3v) is 5.80. The van der Waals surface area contributed by atoms with E-state index in [2.05, 4.69) is 4.98 Å². The molecule has 2 heterocycles. The van der Waals surface area contributed by atoms with Crippen LogP contribution in [0, 0.1) is 5.82 Å². The molecule has 1 aromatic carbocycles. The number of benzene rings is 1. The molecule has 21 heavy (non-hydrogen) atoms. The molecule has 3 rings (SSSR count). The highest BCUT2D eigenvalue weighted by atomic mass is 32.2. The van der Waals surface area contributed by atoms with Gasteiger partial charge in [-0.3, -0.25) is 9.88 Å². The molecular weight excluding hydrogens is 291 g/mol. The molecule has 1 saturated heterocycles. The van der Waals surface area contributed by atoms with E-state index in [1.165, 1.54) is 6.07 Å². The third kappa shape index (κ3) is 2.91. The average Bonchev–Trinajstić information content (AvgIpc) is 2.83. The van der Waals surface area contributed by atoms with Crippen LogP contribution in [0.2, 0.25) is 0 Å². The Hall–Kier alpha value is -1.53. The number of aromatic nitrogens is 1. The monoisotopic (exact) mass is 308 g/mol. The summed E-state index contributed by atoms with van der Waals surface area (Å²) in [5, 5.41) is 0.502. The predicted molar refractivity (Wildman–Crippen MR) is 80.2 cm³/mol. The summed E-state index contributed by atoms with van der Waals surface area (Å²) in [5.41, 5.74) is 1.56. The Bertz CT molecular complexity index is 776. The standard InChI is InChI=1S/C15H17FN2O2S/c1-18(12-6-8-21(19,20)10-12)9-11-4-5-14(16)13-3-2-7-17-15(11)13/h2-5,7,12H,6,8-10H2,1H3/t12-/m0/s1. The summed E-state index contributed by atoms with van der Waals surface area (Å²) < 4.78 is 36.9. The van der Waals surface area contributed by atoms with Crippen LogP contribution in [-0.4, -0.2) is 42.9 Å². The molecular formula is C15H17FN2O2S. The summed E-state index contributed by atoms with van der Waals surface area (Å²) in [6.45, 7) is 0.563. The Balaban J connectivity index is 1.87. The highest BCUT2D eigenvalue weighted by Crippen LogP contribution is 2.23. The maximum atomic E-state index is 13.8. The zero-order valence-electron chi connectivity index (χ0n) is 11.8. The Morgan fingerprint density at radius 1 is 1.38 bits per heavy atom. The van der Waals surface area contributed by atoms with Gasteiger partial charge in [-0.05, 0) is 37.2 Å². The van der Waals surface area contributed by atoms with Crippen molar-refractivity contribution in [3.8, 4) is 0 Å². The number of hydrogen-bond donors (Lipinski definition) is 0. The lowest BCUT2D eigenvalue weighted by molar-refractivity contribution is 0.254. The largest absolute Gasteiger partial charge is 0.298 e. The fourth-order valence-electron chi connectivity index (χ4n) is 2.84. The quantitative estimate of drug-likeness (QED) is 0.870. The van der Waals surface area contributed by atoms with Crippen LogP contribution in [0.15, 0.2) is 30.5 Å². The fraction of sp³-hybridized carbons (Fsp3) is 0.400. The van der Waals surface area contributed by atoms with Gasteiger partial charge in [0.05, 0.1) is 17.0 Å². The second-order valence-electron chi connectivity index (χ2n) is 5.58. The number of fused-ring (bicyclic) bond motifs is 1. The smallest absolute Gasteiger partial charge is 0.151 e. The van der Waals surface area contributed by atoms with Crippen LogP contribution in [0.5, 0.6) is 0 Å². The number of rotatable bonds is 3. The fourth-order valence-corrected chi connectivity index (χ4v) is 4.65. The first-order valence-electron chi connectivity index (χ1n) is 6.89. The van der Waals surface area contributed by atoms with Gasteiger partial charge in [0.25, 0.3) is 0 Å². The van der Waals surface area contributed by atoms with Gasteiger partial charge in [-0.15, -0.1) is 0 Å². The van der Waals surface area contributed by atoms with Gasteiger partial charge in [-0.2, -0.15) is 0 Å². The van der Waals surface area contributed by atoms with Crippen LogP contribution in [0.25, 0.3) is 10.9 Å². The SMILES string of the molecule is CN(Cc1ccc(F)c2cccnc12)[C@H]1CCS(=O)(=O)C1. The van der Waals surface area contributed by atoms with Crippen LogP contribution in [0.4, 0.5) is 4.39 Å². The predicted octanol–water partition coefficient (Wildman–Crippen LogP) is 1.99. The lowest BCUT2D eigenvalue weighted by atomic mass is 10.1. The molecule has 0 unspecified atom stereocenters. The third-order valence-electron chi connectivity index (χ3n) is 4.05. The molecule has 1 atom stereocenters. The van der Waals surface area contributed by atoms with Crippen molar-refractivity contribution in [2.24, 2.45) is 0 Å². The van der Waals surface area contributed by atoms with Crippen LogP contribution >= 0.6 is 0 Å². The van der Waals surface area contributed by atoms with E-state index in [1.54, 1.807) is 24.4 Å². The minimum Gasteiger partial charge on any atom is -0.298 e. The van der Waals surface area contributed by atoms with Gasteiger partial charge in [0, 0.05) is 24.2 Å². The Morgan fingerprint density at radius 3 is 2.90 bits per heavy atom. The van der Waals surface area contributed by atoms with Crippen molar-refractivity contribution in [3.05, 3.63) is 41.8 Å². The maximum Gasteiger partial charge on any atom is 0.151 e. The van der Waals surface area contributed by atoms with Crippen LogP contribution in [0.1, 0.15) is 12.0 Å².